The van der Waals surface area contributed by atoms with Gasteiger partial charge in [0.1, 0.15) is 5.82 Å². The molecule has 1 aromatic carbocycles. The summed E-state index contributed by atoms with van der Waals surface area (Å²) in [6.07, 6.45) is 5.18. The van der Waals surface area contributed by atoms with E-state index in [-0.39, 0.29) is 5.56 Å². The summed E-state index contributed by atoms with van der Waals surface area (Å²) in [5, 5.41) is 12.1. The molecule has 108 valence electrons. The summed E-state index contributed by atoms with van der Waals surface area (Å²) in [5.74, 6) is -0.209. The van der Waals surface area contributed by atoms with E-state index in [1.807, 2.05) is 24.3 Å². The molecule has 0 aliphatic heterocycles. The number of carboxylic acids is 1. The number of carboxylic acid groups (broad SMARTS) is 1. The number of carbonyl (C=O) groups is 1. The fourth-order valence-electron chi connectivity index (χ4n) is 2.03. The number of pyridine rings is 2. The molecular formula is C17H13N3O2. The Kier molecular flexibility index (Phi) is 3.78. The Hall–Kier alpha value is -3.21. The summed E-state index contributed by atoms with van der Waals surface area (Å²) in [5.41, 5.74) is 2.99. The van der Waals surface area contributed by atoms with Crippen LogP contribution in [-0.2, 0) is 0 Å². The van der Waals surface area contributed by atoms with Crippen molar-refractivity contribution in [1.82, 2.24) is 9.97 Å². The Labute approximate surface area is 127 Å². The van der Waals surface area contributed by atoms with Gasteiger partial charge in [-0.1, -0.05) is 12.1 Å². The molecule has 22 heavy (non-hydrogen) atoms. The molecule has 5 heteroatoms. The average molecular weight is 291 g/mol. The lowest BCUT2D eigenvalue weighted by molar-refractivity contribution is 0.0697. The van der Waals surface area contributed by atoms with Crippen LogP contribution >= 0.6 is 0 Å². The van der Waals surface area contributed by atoms with Crippen LogP contribution in [0.5, 0.6) is 0 Å². The van der Waals surface area contributed by atoms with Crippen LogP contribution in [0.3, 0.4) is 0 Å². The summed E-state index contributed by atoms with van der Waals surface area (Å²) < 4.78 is 0. The van der Waals surface area contributed by atoms with Crippen LogP contribution in [0.15, 0.2) is 67.1 Å². The molecule has 0 aliphatic rings. The van der Waals surface area contributed by atoms with Crippen molar-refractivity contribution >= 4 is 17.5 Å². The molecule has 2 N–H and O–H groups in total. The minimum atomic E-state index is -0.930. The van der Waals surface area contributed by atoms with Crippen LogP contribution in [0, 0.1) is 0 Å². The molecule has 2 heterocycles. The molecule has 3 rings (SSSR count). The second-order valence-corrected chi connectivity index (χ2v) is 4.68. The molecule has 3 aromatic rings. The minimum Gasteiger partial charge on any atom is -0.478 e. The highest BCUT2D eigenvalue weighted by Crippen LogP contribution is 2.21. The molecule has 5 nitrogen and oxygen atoms in total. The van der Waals surface area contributed by atoms with E-state index < -0.39 is 5.97 Å². The first-order valence-electron chi connectivity index (χ1n) is 6.69. The fourth-order valence-corrected chi connectivity index (χ4v) is 2.03. The van der Waals surface area contributed by atoms with Gasteiger partial charge in [0, 0.05) is 18.0 Å². The number of anilines is 2. The number of benzene rings is 1. The Morgan fingerprint density at radius 3 is 2.32 bits per heavy atom. The lowest BCUT2D eigenvalue weighted by atomic mass is 10.1. The van der Waals surface area contributed by atoms with E-state index >= 15 is 0 Å². The summed E-state index contributed by atoms with van der Waals surface area (Å²) >= 11 is 0. The maximum absolute atomic E-state index is 10.8. The number of aromatic nitrogens is 2. The van der Waals surface area contributed by atoms with Gasteiger partial charge in [-0.15, -0.1) is 0 Å². The van der Waals surface area contributed by atoms with Crippen molar-refractivity contribution < 1.29 is 9.90 Å². The van der Waals surface area contributed by atoms with E-state index in [0.29, 0.717) is 0 Å². The Bertz CT molecular complexity index is 769. The predicted octanol–water partition coefficient (Wildman–Crippen LogP) is 3.59. The van der Waals surface area contributed by atoms with Crippen LogP contribution in [0.1, 0.15) is 10.4 Å². The molecule has 0 aliphatic carbocycles. The topological polar surface area (TPSA) is 75.1 Å². The molecule has 2 aromatic heterocycles. The Balaban J connectivity index is 1.77. The number of aromatic carboxylic acids is 1. The zero-order valence-corrected chi connectivity index (χ0v) is 11.6. The minimum absolute atomic E-state index is 0.270. The van der Waals surface area contributed by atoms with Crippen LogP contribution < -0.4 is 5.32 Å². The lowest BCUT2D eigenvalue weighted by Gasteiger charge is -2.06. The highest BCUT2D eigenvalue weighted by Gasteiger charge is 2.04. The van der Waals surface area contributed by atoms with E-state index in [0.717, 1.165) is 22.6 Å². The van der Waals surface area contributed by atoms with Crippen molar-refractivity contribution in [2.45, 2.75) is 0 Å². The molecule has 0 radical (unpaired) electrons. The monoisotopic (exact) mass is 291 g/mol. The van der Waals surface area contributed by atoms with Crippen molar-refractivity contribution in [3.63, 3.8) is 0 Å². The largest absolute Gasteiger partial charge is 0.478 e. The molecule has 0 saturated carbocycles. The van der Waals surface area contributed by atoms with Crippen LogP contribution in [0.4, 0.5) is 11.5 Å². The maximum atomic E-state index is 10.8. The standard InChI is InChI=1S/C17H13N3O2/c21-17(22)13-5-3-12(4-6-13)14-7-8-16(19-10-14)20-15-2-1-9-18-11-15/h1-11H,(H,19,20)(H,21,22). The van der Waals surface area contributed by atoms with Gasteiger partial charge in [-0.2, -0.15) is 0 Å². The van der Waals surface area contributed by atoms with Crippen molar-refractivity contribution in [2.24, 2.45) is 0 Å². The van der Waals surface area contributed by atoms with Crippen molar-refractivity contribution in [1.29, 1.82) is 0 Å². The maximum Gasteiger partial charge on any atom is 0.335 e. The Morgan fingerprint density at radius 2 is 1.73 bits per heavy atom. The number of hydrogen-bond acceptors (Lipinski definition) is 4. The first-order chi connectivity index (χ1) is 10.7. The van der Waals surface area contributed by atoms with Crippen LogP contribution in [-0.4, -0.2) is 21.0 Å². The smallest absolute Gasteiger partial charge is 0.335 e. The van der Waals surface area contributed by atoms with Gasteiger partial charge < -0.3 is 10.4 Å². The first kappa shape index (κ1) is 13.8. The van der Waals surface area contributed by atoms with E-state index in [4.69, 9.17) is 5.11 Å². The summed E-state index contributed by atoms with van der Waals surface area (Å²) in [6, 6.07) is 14.3. The van der Waals surface area contributed by atoms with E-state index in [9.17, 15) is 4.79 Å². The third-order valence-corrected chi connectivity index (χ3v) is 3.16. The van der Waals surface area contributed by atoms with Crippen LogP contribution in [0.25, 0.3) is 11.1 Å². The molecule has 0 unspecified atom stereocenters. The van der Waals surface area contributed by atoms with Gasteiger partial charge >= 0.3 is 5.97 Å². The molecule has 0 saturated heterocycles. The molecule has 0 amide bonds. The van der Waals surface area contributed by atoms with Gasteiger partial charge in [0.15, 0.2) is 0 Å². The van der Waals surface area contributed by atoms with Crippen molar-refractivity contribution in [3.8, 4) is 11.1 Å². The lowest BCUT2D eigenvalue weighted by Crippen LogP contribution is -1.95. The SMILES string of the molecule is O=C(O)c1ccc(-c2ccc(Nc3cccnc3)nc2)cc1. The van der Waals surface area contributed by atoms with Crippen molar-refractivity contribution in [2.75, 3.05) is 5.32 Å². The van der Waals surface area contributed by atoms with Crippen LogP contribution in [0.2, 0.25) is 0 Å². The van der Waals surface area contributed by atoms with Gasteiger partial charge in [-0.25, -0.2) is 9.78 Å². The van der Waals surface area contributed by atoms with E-state index in [2.05, 4.69) is 15.3 Å². The van der Waals surface area contributed by atoms with Gasteiger partial charge in [0.25, 0.3) is 0 Å². The highest BCUT2D eigenvalue weighted by molar-refractivity contribution is 5.88. The quantitative estimate of drug-likeness (QED) is 0.768. The molecule has 0 spiro atoms. The van der Waals surface area contributed by atoms with Crippen molar-refractivity contribution in [3.05, 3.63) is 72.7 Å². The van der Waals surface area contributed by atoms with Gasteiger partial charge in [0.2, 0.25) is 0 Å². The number of nitrogens with zero attached hydrogens (tertiary/aromatic N) is 2. The predicted molar refractivity (Wildman–Crippen MR) is 84.2 cm³/mol. The number of rotatable bonds is 4. The van der Waals surface area contributed by atoms with Gasteiger partial charge in [-0.3, -0.25) is 4.98 Å². The Morgan fingerprint density at radius 1 is 0.955 bits per heavy atom. The molecule has 0 bridgehead atoms. The summed E-state index contributed by atoms with van der Waals surface area (Å²) in [4.78, 5) is 19.2. The van der Waals surface area contributed by atoms with E-state index in [1.165, 1.54) is 0 Å². The number of nitrogens with one attached hydrogen (secondary N) is 1. The molecule has 0 fully saturated rings. The first-order valence-corrected chi connectivity index (χ1v) is 6.69. The number of hydrogen-bond donors (Lipinski definition) is 2. The zero-order chi connectivity index (χ0) is 15.4. The highest BCUT2D eigenvalue weighted by atomic mass is 16.4. The average Bonchev–Trinajstić information content (AvgIpc) is 2.57. The third kappa shape index (κ3) is 3.09. The third-order valence-electron chi connectivity index (χ3n) is 3.16. The summed E-state index contributed by atoms with van der Waals surface area (Å²) in [6.45, 7) is 0. The second-order valence-electron chi connectivity index (χ2n) is 4.68. The molecular weight excluding hydrogens is 278 g/mol. The van der Waals surface area contributed by atoms with E-state index in [1.54, 1.807) is 42.9 Å². The summed E-state index contributed by atoms with van der Waals surface area (Å²) in [7, 11) is 0. The van der Waals surface area contributed by atoms with Gasteiger partial charge in [0.05, 0.1) is 17.4 Å². The zero-order valence-electron chi connectivity index (χ0n) is 11.6. The molecule has 0 atom stereocenters. The van der Waals surface area contributed by atoms with Gasteiger partial charge in [-0.05, 0) is 42.0 Å². The normalized spacial score (nSPS) is 10.2. The fraction of sp³-hybridized carbons (Fsp3) is 0. The second kappa shape index (κ2) is 6.05.